The number of nitrogens with one attached hydrogen (secondary N) is 1. The summed E-state index contributed by atoms with van der Waals surface area (Å²) in [6, 6.07) is 0. The first-order chi connectivity index (χ1) is 7.36. The van der Waals surface area contributed by atoms with Crippen LogP contribution in [-0.4, -0.2) is 37.5 Å². The fourth-order valence-corrected chi connectivity index (χ4v) is 2.59. The minimum Gasteiger partial charge on any atom is -0.356 e. The Balaban J connectivity index is 0.00000128. The van der Waals surface area contributed by atoms with Crippen LogP contribution >= 0.6 is 24.0 Å². The quantitative estimate of drug-likeness (QED) is 0.802. The van der Waals surface area contributed by atoms with Crippen LogP contribution in [0.1, 0.15) is 38.5 Å². The molecule has 0 spiro atoms. The van der Waals surface area contributed by atoms with E-state index in [-0.39, 0.29) is 24.0 Å². The first kappa shape index (κ1) is 14.1. The Hall–Kier alpha value is 0. The minimum absolute atomic E-state index is 0. The van der Waals surface area contributed by atoms with E-state index in [4.69, 9.17) is 0 Å². The lowest BCUT2D eigenvalue weighted by molar-refractivity contribution is 0.338. The van der Waals surface area contributed by atoms with E-state index in [0.29, 0.717) is 0 Å². The summed E-state index contributed by atoms with van der Waals surface area (Å²) in [6.45, 7) is 3.14. The van der Waals surface area contributed by atoms with Gasteiger partial charge in [-0.1, -0.05) is 32.1 Å². The molecule has 0 saturated heterocycles. The summed E-state index contributed by atoms with van der Waals surface area (Å²) in [7, 11) is 2.11. The Bertz CT molecular complexity index is 224. The van der Waals surface area contributed by atoms with E-state index in [1.54, 1.807) is 0 Å². The van der Waals surface area contributed by atoms with Crippen LogP contribution in [0.3, 0.4) is 0 Å². The topological polar surface area (TPSA) is 27.6 Å². The van der Waals surface area contributed by atoms with Crippen molar-refractivity contribution in [2.24, 2.45) is 10.9 Å². The molecule has 0 aromatic rings. The molecular weight excluding hydrogens is 313 g/mol. The zero-order chi connectivity index (χ0) is 10.5. The van der Waals surface area contributed by atoms with Crippen molar-refractivity contribution in [3.05, 3.63) is 0 Å². The molecule has 3 nitrogen and oxygen atoms in total. The Morgan fingerprint density at radius 3 is 2.69 bits per heavy atom. The first-order valence-corrected chi connectivity index (χ1v) is 6.36. The summed E-state index contributed by atoms with van der Waals surface area (Å²) in [5, 5.41) is 3.45. The summed E-state index contributed by atoms with van der Waals surface area (Å²) in [5.41, 5.74) is 0. The molecule has 0 radical (unpaired) electrons. The number of hydrogen-bond donors (Lipinski definition) is 1. The molecule has 16 heavy (non-hydrogen) atoms. The number of hydrogen-bond acceptors (Lipinski definition) is 3. The van der Waals surface area contributed by atoms with Gasteiger partial charge in [0.2, 0.25) is 0 Å². The molecule has 0 bridgehead atoms. The van der Waals surface area contributed by atoms with Crippen LogP contribution in [0.15, 0.2) is 4.99 Å². The third-order valence-electron chi connectivity index (χ3n) is 3.62. The number of aliphatic imine (C=N–C) groups is 1. The van der Waals surface area contributed by atoms with Gasteiger partial charge in [0.15, 0.2) is 5.96 Å². The van der Waals surface area contributed by atoms with Gasteiger partial charge in [-0.05, 0) is 12.3 Å². The van der Waals surface area contributed by atoms with Gasteiger partial charge in [0.25, 0.3) is 0 Å². The number of halogens is 1. The van der Waals surface area contributed by atoms with Crippen molar-refractivity contribution in [1.82, 2.24) is 10.2 Å². The van der Waals surface area contributed by atoms with Crippen molar-refractivity contribution < 1.29 is 0 Å². The van der Waals surface area contributed by atoms with Crippen molar-refractivity contribution in [3.63, 3.8) is 0 Å². The van der Waals surface area contributed by atoms with Crippen LogP contribution in [0.4, 0.5) is 0 Å². The van der Waals surface area contributed by atoms with Gasteiger partial charge in [-0.2, -0.15) is 0 Å². The Morgan fingerprint density at radius 1 is 1.31 bits per heavy atom. The van der Waals surface area contributed by atoms with Crippen LogP contribution in [0, 0.1) is 5.92 Å². The number of nitrogens with zero attached hydrogens (tertiary/aromatic N) is 2. The molecule has 1 saturated carbocycles. The van der Waals surface area contributed by atoms with E-state index in [9.17, 15) is 0 Å². The lowest BCUT2D eigenvalue weighted by atomic mass is 9.87. The van der Waals surface area contributed by atoms with Gasteiger partial charge < -0.3 is 10.2 Å². The lowest BCUT2D eigenvalue weighted by Crippen LogP contribution is -2.36. The van der Waals surface area contributed by atoms with Crippen LogP contribution < -0.4 is 5.32 Å². The fourth-order valence-electron chi connectivity index (χ4n) is 2.59. The smallest absolute Gasteiger partial charge is 0.193 e. The van der Waals surface area contributed by atoms with Crippen LogP contribution in [0.25, 0.3) is 0 Å². The molecule has 1 aliphatic heterocycles. The fraction of sp³-hybridized carbons (Fsp3) is 0.917. The standard InChI is InChI=1S/C12H23N3.HI/c1-15-10-9-14-12(15)13-8-7-11-5-3-2-4-6-11;/h11H,2-10H2,1H3,(H,13,14);1H. The largest absolute Gasteiger partial charge is 0.356 e. The van der Waals surface area contributed by atoms with E-state index >= 15 is 0 Å². The molecule has 4 heteroatoms. The lowest BCUT2D eigenvalue weighted by Gasteiger charge is -2.22. The van der Waals surface area contributed by atoms with Crippen LogP contribution in [-0.2, 0) is 0 Å². The first-order valence-electron chi connectivity index (χ1n) is 6.36. The molecular formula is C12H24IN3. The molecule has 0 unspecified atom stereocenters. The summed E-state index contributed by atoms with van der Waals surface area (Å²) < 4.78 is 0. The van der Waals surface area contributed by atoms with E-state index in [1.165, 1.54) is 38.5 Å². The number of rotatable bonds is 3. The van der Waals surface area contributed by atoms with Gasteiger partial charge in [-0.15, -0.1) is 24.0 Å². The second-order valence-corrected chi connectivity index (χ2v) is 4.85. The van der Waals surface area contributed by atoms with Gasteiger partial charge in [0, 0.05) is 20.1 Å². The van der Waals surface area contributed by atoms with Crippen molar-refractivity contribution >= 4 is 29.9 Å². The highest BCUT2D eigenvalue weighted by atomic mass is 127. The molecule has 0 aromatic carbocycles. The van der Waals surface area contributed by atoms with E-state index in [1.807, 2.05) is 0 Å². The maximum atomic E-state index is 4.43. The van der Waals surface area contributed by atoms with E-state index in [0.717, 1.165) is 31.5 Å². The maximum absolute atomic E-state index is 4.43. The third kappa shape index (κ3) is 4.11. The molecule has 2 aliphatic rings. The third-order valence-corrected chi connectivity index (χ3v) is 3.62. The van der Waals surface area contributed by atoms with Crippen molar-refractivity contribution in [2.75, 3.05) is 26.7 Å². The predicted octanol–water partition coefficient (Wildman–Crippen LogP) is 2.47. The van der Waals surface area contributed by atoms with Crippen LogP contribution in [0.5, 0.6) is 0 Å². The number of likely N-dealkylation sites (N-methyl/N-ethyl adjacent to an activating group) is 1. The molecule has 94 valence electrons. The van der Waals surface area contributed by atoms with E-state index in [2.05, 4.69) is 22.3 Å². The summed E-state index contributed by atoms with van der Waals surface area (Å²) >= 11 is 0. The SMILES string of the molecule is CN1CCN=C1NCCC1CCCCC1.I. The molecule has 0 amide bonds. The van der Waals surface area contributed by atoms with Gasteiger partial charge in [0.1, 0.15) is 0 Å². The maximum Gasteiger partial charge on any atom is 0.193 e. The summed E-state index contributed by atoms with van der Waals surface area (Å²) in [4.78, 5) is 6.64. The van der Waals surface area contributed by atoms with Gasteiger partial charge in [-0.3, -0.25) is 4.99 Å². The normalized spacial score (nSPS) is 21.6. The van der Waals surface area contributed by atoms with Crippen molar-refractivity contribution in [2.45, 2.75) is 38.5 Å². The molecule has 2 rings (SSSR count). The highest BCUT2D eigenvalue weighted by Gasteiger charge is 2.15. The number of guanidine groups is 1. The molecule has 1 fully saturated rings. The summed E-state index contributed by atoms with van der Waals surface area (Å²) in [5.74, 6) is 2.07. The molecule has 1 aliphatic carbocycles. The van der Waals surface area contributed by atoms with E-state index < -0.39 is 0 Å². The van der Waals surface area contributed by atoms with Gasteiger partial charge >= 0.3 is 0 Å². The average molecular weight is 337 g/mol. The molecule has 0 aromatic heterocycles. The predicted molar refractivity (Wildman–Crippen MR) is 79.5 cm³/mol. The molecule has 0 atom stereocenters. The minimum atomic E-state index is 0. The Morgan fingerprint density at radius 2 is 2.06 bits per heavy atom. The summed E-state index contributed by atoms with van der Waals surface area (Å²) in [6.07, 6.45) is 8.58. The van der Waals surface area contributed by atoms with Crippen molar-refractivity contribution in [3.8, 4) is 0 Å². The van der Waals surface area contributed by atoms with Crippen LogP contribution in [0.2, 0.25) is 0 Å². The highest BCUT2D eigenvalue weighted by Crippen LogP contribution is 2.25. The highest BCUT2D eigenvalue weighted by molar-refractivity contribution is 14.0. The monoisotopic (exact) mass is 337 g/mol. The van der Waals surface area contributed by atoms with Crippen molar-refractivity contribution in [1.29, 1.82) is 0 Å². The second kappa shape index (κ2) is 7.35. The van der Waals surface area contributed by atoms with Gasteiger partial charge in [-0.25, -0.2) is 0 Å². The Labute approximate surface area is 116 Å². The Kier molecular flexibility index (Phi) is 6.46. The second-order valence-electron chi connectivity index (χ2n) is 4.85. The average Bonchev–Trinajstić information content (AvgIpc) is 2.66. The zero-order valence-corrected chi connectivity index (χ0v) is 12.6. The van der Waals surface area contributed by atoms with Gasteiger partial charge in [0.05, 0.1) is 6.54 Å². The molecule has 1 N–H and O–H groups in total. The molecule has 1 heterocycles. The zero-order valence-electron chi connectivity index (χ0n) is 10.2.